The number of aromatic nitrogens is 1. The summed E-state index contributed by atoms with van der Waals surface area (Å²) in [5.41, 5.74) is 12.9. The summed E-state index contributed by atoms with van der Waals surface area (Å²) in [5, 5.41) is 51.0. The van der Waals surface area contributed by atoms with Gasteiger partial charge in [0.05, 0.1) is 6.61 Å². The van der Waals surface area contributed by atoms with E-state index in [-0.39, 0.29) is 82.7 Å². The van der Waals surface area contributed by atoms with Gasteiger partial charge >= 0.3 is 6.03 Å². The number of halogens is 1. The van der Waals surface area contributed by atoms with Crippen LogP contribution in [0.5, 0.6) is 5.75 Å². The molecule has 1 aliphatic heterocycles. The van der Waals surface area contributed by atoms with Crippen molar-refractivity contribution in [1.29, 1.82) is 0 Å². The molecule has 4 aromatic carbocycles. The number of primary amides is 2. The van der Waals surface area contributed by atoms with Crippen molar-refractivity contribution in [2.24, 2.45) is 11.5 Å². The lowest BCUT2D eigenvalue weighted by Gasteiger charge is -2.33. The molecule has 1 saturated heterocycles. The first-order valence-electron chi connectivity index (χ1n) is 35.2. The lowest BCUT2D eigenvalue weighted by molar-refractivity contribution is -0.144. The highest BCUT2D eigenvalue weighted by Crippen LogP contribution is 2.23. The average molecular weight is 1460 g/mol. The number of nitrogens with zero attached hydrogens (tertiary/aromatic N) is 3. The number of phenols is 1. The quantitative estimate of drug-likeness (QED) is 0.0249. The number of hydrogen-bond donors (Lipinski definition) is 14. The fraction of sp³-hybridized carbons (Fsp3) is 0.473. The van der Waals surface area contributed by atoms with E-state index in [0.717, 1.165) is 15.7 Å². The van der Waals surface area contributed by atoms with Crippen LogP contribution in [0.4, 0.5) is 4.79 Å². The summed E-state index contributed by atoms with van der Waals surface area (Å²) in [5.74, 6) is -8.74. The van der Waals surface area contributed by atoms with Crippen molar-refractivity contribution in [3.63, 3.8) is 0 Å². The van der Waals surface area contributed by atoms with Gasteiger partial charge in [-0.15, -0.1) is 0 Å². The number of amides is 13. The summed E-state index contributed by atoms with van der Waals surface area (Å²) in [6.07, 6.45) is 5.13. The second kappa shape index (κ2) is 41.7. The minimum Gasteiger partial charge on any atom is -0.508 e. The minimum absolute atomic E-state index is 0.0306. The summed E-state index contributed by atoms with van der Waals surface area (Å²) >= 11 is 6.24. The molecule has 1 aromatic heterocycles. The number of aliphatic hydroxyl groups is 1. The average Bonchev–Trinajstić information content (AvgIpc) is 1.57. The lowest BCUT2D eigenvalue weighted by atomic mass is 9.99. The Hall–Kier alpha value is -10.3. The third-order valence-corrected chi connectivity index (χ3v) is 18.1. The number of urea groups is 1. The molecule has 0 spiro atoms. The number of pyridine rings is 1. The number of aromatic hydroxyl groups is 1. The Labute approximate surface area is 610 Å². The number of unbranched alkanes of at least 4 members (excludes halogenated alkanes) is 2. The standard InChI is InChI=1S/C74H100ClN15O14/c1-7-8-19-55(66(96)85-57(20-11-12-34-79-44(2)3)73(103)90-36-15-22-62(90)70(100)81-45(4)64(76)94)83-65(95)56(21-14-35-80-74(77)104)84-71(101)63(41-48-26-31-54(93)32-27-48)89(6)72(102)61(43-91)88-69(99)60(40-50-16-13-33-78-42-50)87-68(98)59(38-47-24-29-53(75)30-25-47)86-67(97)58(82-46(5)92)39-49-23-28-51-17-9-10-18-52(51)37-49/h9-10,13,16-18,23-33,37,42,44-45,55-63,79,91,93H,7-8,11-12,14-15,19-22,34-36,38-41,43H2,1-6H3,(H2,76,94)(H,81,100)(H,82,92)(H,83,95)(H,84,101)(H,85,96)(H,86,97)(H,87,98)(H,88,99)(H3,77,80,104)/t45-,55+,56-,57+,58-,59-,60-,61+,62+,63+/m1/s1. The minimum atomic E-state index is -1.82. The summed E-state index contributed by atoms with van der Waals surface area (Å²) in [6, 6.07) is 14.4. The molecule has 16 N–H and O–H groups in total. The number of rotatable bonds is 41. The number of nitrogens with two attached hydrogens (primary N) is 2. The zero-order chi connectivity index (χ0) is 76.0. The van der Waals surface area contributed by atoms with Crippen LogP contribution in [-0.2, 0) is 78.4 Å². The monoisotopic (exact) mass is 1460 g/mol. The molecule has 0 saturated carbocycles. The van der Waals surface area contributed by atoms with Crippen molar-refractivity contribution in [3.8, 4) is 5.75 Å². The Balaban J connectivity index is 1.27. The predicted octanol–water partition coefficient (Wildman–Crippen LogP) is 1.89. The highest BCUT2D eigenvalue weighted by atomic mass is 35.5. The van der Waals surface area contributed by atoms with Gasteiger partial charge < -0.3 is 84.6 Å². The van der Waals surface area contributed by atoms with Crippen LogP contribution >= 0.6 is 11.6 Å². The van der Waals surface area contributed by atoms with E-state index in [1.165, 1.54) is 62.5 Å². The number of fused-ring (bicyclic) bond motifs is 1. The van der Waals surface area contributed by atoms with Gasteiger partial charge in [-0.05, 0) is 128 Å². The van der Waals surface area contributed by atoms with Crippen LogP contribution in [0, 0.1) is 0 Å². The van der Waals surface area contributed by atoms with Gasteiger partial charge in [0.25, 0.3) is 0 Å². The molecule has 2 heterocycles. The Bertz CT molecular complexity index is 3740. The van der Waals surface area contributed by atoms with Crippen molar-refractivity contribution in [2.75, 3.05) is 33.3 Å². The van der Waals surface area contributed by atoms with E-state index in [1.807, 2.05) is 63.2 Å². The predicted molar refractivity (Wildman–Crippen MR) is 390 cm³/mol. The van der Waals surface area contributed by atoms with Gasteiger partial charge in [0.15, 0.2) is 0 Å². The smallest absolute Gasteiger partial charge is 0.312 e. The van der Waals surface area contributed by atoms with Crippen LogP contribution in [-0.4, -0.2) is 196 Å². The highest BCUT2D eigenvalue weighted by Gasteiger charge is 2.41. The van der Waals surface area contributed by atoms with E-state index in [9.17, 15) is 63.0 Å². The maximum absolute atomic E-state index is 15.1. The van der Waals surface area contributed by atoms with Crippen LogP contribution in [0.3, 0.4) is 0 Å². The Morgan fingerprint density at radius 3 is 1.72 bits per heavy atom. The molecule has 10 atom stereocenters. The number of phenolic OH excluding ortho intramolecular Hbond substituents is 1. The second-order valence-corrected chi connectivity index (χ2v) is 26.9. The third-order valence-electron chi connectivity index (χ3n) is 17.8. The highest BCUT2D eigenvalue weighted by molar-refractivity contribution is 6.30. The molecule has 0 bridgehead atoms. The van der Waals surface area contributed by atoms with E-state index in [2.05, 4.69) is 58.2 Å². The number of carbonyl (C=O) groups excluding carboxylic acids is 12. The zero-order valence-electron chi connectivity index (χ0n) is 59.7. The van der Waals surface area contributed by atoms with Crippen molar-refractivity contribution < 1.29 is 67.7 Å². The summed E-state index contributed by atoms with van der Waals surface area (Å²) in [7, 11) is 1.23. The topological polar surface area (TPSA) is 437 Å². The Morgan fingerprint density at radius 2 is 1.12 bits per heavy atom. The molecule has 5 aromatic rings. The lowest BCUT2D eigenvalue weighted by Crippen LogP contribution is -2.61. The molecule has 0 aliphatic carbocycles. The van der Waals surface area contributed by atoms with Crippen LogP contribution in [0.1, 0.15) is 121 Å². The number of carbonyl (C=O) groups is 12. The molecule has 6 rings (SSSR count). The summed E-state index contributed by atoms with van der Waals surface area (Å²) < 4.78 is 0. The van der Waals surface area contributed by atoms with Gasteiger partial charge in [-0.3, -0.25) is 57.7 Å². The van der Waals surface area contributed by atoms with Crippen LogP contribution in [0.15, 0.2) is 116 Å². The number of benzene rings is 4. The molecule has 13 amide bonds. The number of likely N-dealkylation sites (tertiary alicyclic amines) is 1. The Kier molecular flexibility index (Phi) is 33.2. The fourth-order valence-corrected chi connectivity index (χ4v) is 12.2. The molecule has 0 unspecified atom stereocenters. The second-order valence-electron chi connectivity index (χ2n) is 26.4. The number of hydrogen-bond acceptors (Lipinski definition) is 16. The SMILES string of the molecule is CCCC[C@H](NC(=O)[C@@H](CCCNC(N)=O)NC(=O)[C@H](Cc1ccc(O)cc1)N(C)C(=O)[C@H](CO)NC(=O)[C@@H](Cc1cccnc1)NC(=O)[C@@H](Cc1ccc(Cl)cc1)NC(=O)[C@@H](Cc1ccc2ccccc2c1)NC(C)=O)C(=O)N[C@@H](CCCCNC(C)C)C(=O)N1CCC[C@H]1C(=O)N[C@H](C)C(N)=O. The molecular formula is C74H100ClN15O14. The largest absolute Gasteiger partial charge is 0.508 e. The third kappa shape index (κ3) is 26.5. The van der Waals surface area contributed by atoms with Gasteiger partial charge in [0, 0.05) is 76.2 Å². The first-order valence-corrected chi connectivity index (χ1v) is 35.5. The van der Waals surface area contributed by atoms with Crippen LogP contribution in [0.25, 0.3) is 10.8 Å². The summed E-state index contributed by atoms with van der Waals surface area (Å²) in [6.45, 7) is 8.18. The number of aliphatic hydroxyl groups excluding tert-OH is 1. The number of likely N-dealkylation sites (N-methyl/N-ethyl adjacent to an activating group) is 1. The van der Waals surface area contributed by atoms with Gasteiger partial charge in [0.1, 0.15) is 66.2 Å². The zero-order valence-corrected chi connectivity index (χ0v) is 60.5. The number of nitrogens with one attached hydrogen (secondary N) is 10. The van der Waals surface area contributed by atoms with Crippen molar-refractivity contribution in [3.05, 3.63) is 143 Å². The first-order chi connectivity index (χ1) is 49.6. The molecule has 1 fully saturated rings. The molecule has 29 nitrogen and oxygen atoms in total. The van der Waals surface area contributed by atoms with Gasteiger partial charge in [0.2, 0.25) is 65.0 Å². The summed E-state index contributed by atoms with van der Waals surface area (Å²) in [4.78, 5) is 175. The van der Waals surface area contributed by atoms with Gasteiger partial charge in [-0.1, -0.05) is 118 Å². The van der Waals surface area contributed by atoms with Crippen molar-refractivity contribution in [2.45, 2.75) is 191 Å². The maximum atomic E-state index is 15.1. The molecule has 0 radical (unpaired) electrons. The molecule has 1 aliphatic rings. The van der Waals surface area contributed by atoms with Crippen molar-refractivity contribution >= 4 is 93.4 Å². The molecular weight excluding hydrogens is 1360 g/mol. The van der Waals surface area contributed by atoms with E-state index < -0.39 is 138 Å². The van der Waals surface area contributed by atoms with E-state index >= 15 is 4.79 Å². The normalized spacial score (nSPS) is 15.2. The van der Waals surface area contributed by atoms with E-state index in [1.54, 1.807) is 36.4 Å². The van der Waals surface area contributed by atoms with Gasteiger partial charge in [-0.25, -0.2) is 4.79 Å². The molecule has 562 valence electrons. The van der Waals surface area contributed by atoms with Crippen molar-refractivity contribution in [1.82, 2.24) is 68.0 Å². The van der Waals surface area contributed by atoms with Crippen LogP contribution < -0.4 is 64.6 Å². The van der Waals surface area contributed by atoms with Crippen LogP contribution in [0.2, 0.25) is 5.02 Å². The van der Waals surface area contributed by atoms with E-state index in [0.29, 0.717) is 65.9 Å². The maximum Gasteiger partial charge on any atom is 0.312 e. The fourth-order valence-electron chi connectivity index (χ4n) is 12.0. The molecule has 30 heteroatoms. The molecule has 104 heavy (non-hydrogen) atoms. The first kappa shape index (κ1) is 82.7. The van der Waals surface area contributed by atoms with Gasteiger partial charge in [-0.2, -0.15) is 0 Å². The Morgan fingerprint density at radius 1 is 0.587 bits per heavy atom. The van der Waals surface area contributed by atoms with E-state index in [4.69, 9.17) is 23.1 Å².